The Kier molecular flexibility index (Phi) is 4.43. The van der Waals surface area contributed by atoms with Crippen LogP contribution in [0.15, 0.2) is 24.3 Å². The van der Waals surface area contributed by atoms with Crippen molar-refractivity contribution in [2.24, 2.45) is 11.8 Å². The van der Waals surface area contributed by atoms with Crippen LogP contribution in [0.3, 0.4) is 0 Å². The summed E-state index contributed by atoms with van der Waals surface area (Å²) in [6.07, 6.45) is 1.66. The van der Waals surface area contributed by atoms with Crippen molar-refractivity contribution in [3.05, 3.63) is 24.3 Å². The second kappa shape index (κ2) is 6.59. The molecule has 2 aliphatic rings. The number of aliphatic hydroxyl groups excluding tert-OH is 2. The van der Waals surface area contributed by atoms with Gasteiger partial charge in [-0.25, -0.2) is 4.98 Å². The number of benzene rings is 1. The van der Waals surface area contributed by atoms with E-state index in [0.29, 0.717) is 18.4 Å². The van der Waals surface area contributed by atoms with Gasteiger partial charge in [-0.15, -0.1) is 0 Å². The van der Waals surface area contributed by atoms with Gasteiger partial charge in [-0.1, -0.05) is 12.1 Å². The summed E-state index contributed by atoms with van der Waals surface area (Å²) in [5.41, 5.74) is 2.06. The van der Waals surface area contributed by atoms with Gasteiger partial charge in [0.2, 0.25) is 5.95 Å². The normalized spacial score (nSPS) is 29.6. The van der Waals surface area contributed by atoms with Crippen molar-refractivity contribution in [3.8, 4) is 0 Å². The van der Waals surface area contributed by atoms with Gasteiger partial charge in [0.05, 0.1) is 23.7 Å². The first kappa shape index (κ1) is 16.8. The van der Waals surface area contributed by atoms with E-state index in [-0.39, 0.29) is 18.8 Å². The Morgan fingerprint density at radius 2 is 1.88 bits per heavy atom. The molecule has 1 aromatic heterocycles. The van der Waals surface area contributed by atoms with Crippen LogP contribution in [0.25, 0.3) is 11.0 Å². The molecular weight excluding hydrogens is 316 g/mol. The Balaban J connectivity index is 1.62. The Labute approximate surface area is 148 Å². The van der Waals surface area contributed by atoms with Crippen molar-refractivity contribution in [2.75, 3.05) is 38.7 Å². The summed E-state index contributed by atoms with van der Waals surface area (Å²) in [6, 6.07) is 8.36. The predicted molar refractivity (Wildman–Crippen MR) is 98.7 cm³/mol. The molecular formula is C19H28N4O2. The maximum atomic E-state index is 10.5. The average molecular weight is 344 g/mol. The van der Waals surface area contributed by atoms with Gasteiger partial charge in [0, 0.05) is 25.7 Å². The molecule has 0 bridgehead atoms. The quantitative estimate of drug-likeness (QED) is 0.872. The largest absolute Gasteiger partial charge is 0.395 e. The number of rotatable bonds is 4. The smallest absolute Gasteiger partial charge is 0.206 e. The lowest BCUT2D eigenvalue weighted by Crippen LogP contribution is -2.46. The van der Waals surface area contributed by atoms with E-state index in [0.717, 1.165) is 42.9 Å². The second-order valence-electron chi connectivity index (χ2n) is 7.77. The van der Waals surface area contributed by atoms with E-state index in [2.05, 4.69) is 34.5 Å². The van der Waals surface area contributed by atoms with Crippen LogP contribution in [0.1, 0.15) is 12.8 Å². The molecule has 0 amide bonds. The van der Waals surface area contributed by atoms with Crippen LogP contribution in [0.5, 0.6) is 0 Å². The van der Waals surface area contributed by atoms with Crippen molar-refractivity contribution in [1.82, 2.24) is 14.5 Å². The van der Waals surface area contributed by atoms with E-state index in [1.165, 1.54) is 0 Å². The summed E-state index contributed by atoms with van der Waals surface area (Å²) >= 11 is 0. The molecule has 1 aliphatic carbocycles. The third kappa shape index (κ3) is 2.92. The molecule has 4 atom stereocenters. The molecule has 4 rings (SSSR count). The molecule has 1 aliphatic heterocycles. The number of hydrogen-bond donors (Lipinski definition) is 2. The molecule has 2 N–H and O–H groups in total. The van der Waals surface area contributed by atoms with Crippen LogP contribution in [0, 0.1) is 11.8 Å². The molecule has 25 heavy (non-hydrogen) atoms. The number of fused-ring (bicyclic) bond motifs is 2. The predicted octanol–water partition coefficient (Wildman–Crippen LogP) is 1.17. The number of aliphatic hydroxyl groups is 2. The van der Waals surface area contributed by atoms with Gasteiger partial charge in [0.1, 0.15) is 0 Å². The molecule has 2 fully saturated rings. The number of imidazole rings is 1. The van der Waals surface area contributed by atoms with Crippen LogP contribution in [0.4, 0.5) is 5.95 Å². The zero-order chi connectivity index (χ0) is 17.6. The lowest BCUT2D eigenvalue weighted by atomic mass is 9.77. The molecule has 0 spiro atoms. The molecule has 1 aromatic carbocycles. The summed E-state index contributed by atoms with van der Waals surface area (Å²) in [7, 11) is 4.11. The summed E-state index contributed by atoms with van der Waals surface area (Å²) in [4.78, 5) is 9.36. The molecule has 1 saturated heterocycles. The highest BCUT2D eigenvalue weighted by Gasteiger charge is 2.43. The zero-order valence-electron chi connectivity index (χ0n) is 15.0. The Morgan fingerprint density at radius 1 is 1.16 bits per heavy atom. The summed E-state index contributed by atoms with van der Waals surface area (Å²) in [6.45, 7) is 2.59. The summed E-state index contributed by atoms with van der Waals surface area (Å²) < 4.78 is 2.13. The highest BCUT2D eigenvalue weighted by molar-refractivity contribution is 5.78. The fourth-order valence-corrected chi connectivity index (χ4v) is 4.75. The maximum absolute atomic E-state index is 10.5. The highest BCUT2D eigenvalue weighted by Crippen LogP contribution is 2.39. The minimum absolute atomic E-state index is 0.107. The van der Waals surface area contributed by atoms with Crippen molar-refractivity contribution in [2.45, 2.75) is 31.5 Å². The molecule has 0 radical (unpaired) electrons. The maximum Gasteiger partial charge on any atom is 0.206 e. The van der Waals surface area contributed by atoms with E-state index in [4.69, 9.17) is 4.98 Å². The monoisotopic (exact) mass is 344 g/mol. The molecule has 6 heteroatoms. The Hall–Kier alpha value is -1.63. The van der Waals surface area contributed by atoms with Crippen LogP contribution >= 0.6 is 0 Å². The molecule has 0 unspecified atom stereocenters. The molecule has 2 heterocycles. The van der Waals surface area contributed by atoms with Crippen LogP contribution < -0.4 is 4.90 Å². The number of anilines is 1. The minimum Gasteiger partial charge on any atom is -0.395 e. The number of hydrogen-bond acceptors (Lipinski definition) is 5. The zero-order valence-corrected chi connectivity index (χ0v) is 15.0. The third-order valence-electron chi connectivity index (χ3n) is 6.01. The van der Waals surface area contributed by atoms with Crippen LogP contribution in [-0.2, 0) is 6.54 Å². The highest BCUT2D eigenvalue weighted by atomic mass is 16.3. The van der Waals surface area contributed by atoms with E-state index in [1.54, 1.807) is 0 Å². The average Bonchev–Trinajstić information content (AvgIpc) is 3.15. The Bertz CT molecular complexity index is 744. The third-order valence-corrected chi connectivity index (χ3v) is 6.01. The molecule has 6 nitrogen and oxygen atoms in total. The van der Waals surface area contributed by atoms with Gasteiger partial charge in [-0.05, 0) is 50.9 Å². The first-order chi connectivity index (χ1) is 12.1. The van der Waals surface area contributed by atoms with E-state index in [9.17, 15) is 10.2 Å². The van der Waals surface area contributed by atoms with Crippen molar-refractivity contribution in [3.63, 3.8) is 0 Å². The SMILES string of the molecule is CN(C)[C@@H]1C[C@@H]2CN(c3nc4ccccc4n3CCO)C[C@@H]2C[C@H]1O. The van der Waals surface area contributed by atoms with E-state index >= 15 is 0 Å². The molecule has 1 saturated carbocycles. The Morgan fingerprint density at radius 3 is 2.60 bits per heavy atom. The molecule has 2 aromatic rings. The van der Waals surface area contributed by atoms with Crippen molar-refractivity contribution >= 4 is 17.0 Å². The van der Waals surface area contributed by atoms with Gasteiger partial charge < -0.3 is 24.6 Å². The topological polar surface area (TPSA) is 64.8 Å². The van der Waals surface area contributed by atoms with Gasteiger partial charge in [0.15, 0.2) is 0 Å². The number of aromatic nitrogens is 2. The minimum atomic E-state index is -0.243. The summed E-state index contributed by atoms with van der Waals surface area (Å²) in [5.74, 6) is 2.08. The van der Waals surface area contributed by atoms with Crippen molar-refractivity contribution in [1.29, 1.82) is 0 Å². The van der Waals surface area contributed by atoms with Crippen LogP contribution in [0.2, 0.25) is 0 Å². The first-order valence-corrected chi connectivity index (χ1v) is 9.24. The number of nitrogens with zero attached hydrogens (tertiary/aromatic N) is 4. The fourth-order valence-electron chi connectivity index (χ4n) is 4.75. The molecule has 136 valence electrons. The number of likely N-dealkylation sites (N-methyl/N-ethyl adjacent to an activating group) is 1. The van der Waals surface area contributed by atoms with Gasteiger partial charge in [-0.3, -0.25) is 0 Å². The standard InChI is InChI=1S/C19H28N4O2/c1-21(2)17-9-13-11-22(12-14(13)10-18(17)25)19-20-15-5-3-4-6-16(15)23(19)7-8-24/h3-6,13-14,17-18,24-25H,7-12H2,1-2H3/t13-,14+,17-,18-/m1/s1. The lowest BCUT2D eigenvalue weighted by molar-refractivity contribution is 0.00942. The van der Waals surface area contributed by atoms with E-state index in [1.807, 2.05) is 18.2 Å². The fraction of sp³-hybridized carbons (Fsp3) is 0.632. The van der Waals surface area contributed by atoms with Gasteiger partial charge >= 0.3 is 0 Å². The summed E-state index contributed by atoms with van der Waals surface area (Å²) in [5, 5.41) is 20.0. The van der Waals surface area contributed by atoms with E-state index < -0.39 is 0 Å². The van der Waals surface area contributed by atoms with Gasteiger partial charge in [-0.2, -0.15) is 0 Å². The second-order valence-corrected chi connectivity index (χ2v) is 7.77. The van der Waals surface area contributed by atoms with Crippen LogP contribution in [-0.4, -0.2) is 70.6 Å². The lowest BCUT2D eigenvalue weighted by Gasteiger charge is -2.38. The number of para-hydroxylation sites is 2. The van der Waals surface area contributed by atoms with Crippen molar-refractivity contribution < 1.29 is 10.2 Å². The van der Waals surface area contributed by atoms with Gasteiger partial charge in [0.25, 0.3) is 0 Å². The first-order valence-electron chi connectivity index (χ1n) is 9.24.